The van der Waals surface area contributed by atoms with E-state index in [-0.39, 0.29) is 22.9 Å². The molecule has 4 aromatic rings. The highest BCUT2D eigenvalue weighted by molar-refractivity contribution is 8.07. The summed E-state index contributed by atoms with van der Waals surface area (Å²) in [6.45, 7) is -5.27. The van der Waals surface area contributed by atoms with E-state index in [1.807, 2.05) is 0 Å². The monoisotopic (exact) mass is 701 g/mol. The van der Waals surface area contributed by atoms with Crippen molar-refractivity contribution in [3.63, 3.8) is 0 Å². The molecule has 2 unspecified atom stereocenters. The van der Waals surface area contributed by atoms with Crippen molar-refractivity contribution in [1.29, 1.82) is 0 Å². The van der Waals surface area contributed by atoms with Crippen molar-refractivity contribution in [2.24, 2.45) is 11.3 Å². The van der Waals surface area contributed by atoms with Gasteiger partial charge in [-0.1, -0.05) is 5.21 Å². The van der Waals surface area contributed by atoms with E-state index in [4.69, 9.17) is 46.1 Å². The van der Waals surface area contributed by atoms with Crippen molar-refractivity contribution in [3.05, 3.63) is 23.0 Å². The van der Waals surface area contributed by atoms with Gasteiger partial charge in [0.2, 0.25) is 5.95 Å². The number of nitrogens with zero attached hydrogens (tertiary/aromatic N) is 8. The van der Waals surface area contributed by atoms with Crippen LogP contribution >= 0.6 is 14.5 Å². The van der Waals surface area contributed by atoms with Crippen LogP contribution in [0.1, 0.15) is 18.7 Å². The van der Waals surface area contributed by atoms with E-state index < -0.39 is 87.4 Å². The molecule has 6 heterocycles. The van der Waals surface area contributed by atoms with Crippen LogP contribution in [0.25, 0.3) is 22.3 Å². The van der Waals surface area contributed by atoms with Crippen molar-refractivity contribution < 1.29 is 47.4 Å². The van der Waals surface area contributed by atoms with Crippen molar-refractivity contribution >= 4 is 60.4 Å². The number of nitrogen functional groups attached to an aromatic ring is 2. The topological polar surface area (TPSA) is 316 Å². The molecule has 0 radical (unpaired) electrons. The van der Waals surface area contributed by atoms with Crippen LogP contribution in [-0.4, -0.2) is 108 Å². The Morgan fingerprint density at radius 1 is 1.09 bits per heavy atom. The molecule has 11 atom stereocenters. The lowest BCUT2D eigenvalue weighted by atomic mass is 10.0. The quantitative estimate of drug-likeness (QED) is 0.109. The van der Waals surface area contributed by atoms with Crippen molar-refractivity contribution in [3.8, 4) is 0 Å². The Morgan fingerprint density at radius 2 is 1.89 bits per heavy atom. The van der Waals surface area contributed by atoms with Crippen LogP contribution in [0.4, 0.5) is 11.8 Å². The molecule has 4 aromatic heterocycles. The molecule has 4 aliphatic rings. The van der Waals surface area contributed by atoms with Crippen LogP contribution in [0.15, 0.2) is 17.4 Å². The maximum atomic E-state index is 13.4. The standard InChI is InChI=1S/C21H25N11O11P2S/c22-15-8-16(25-4-24-15)31(5-26-8)10-6-1-21(6)3-40-44(36,37)42-13-11(33)7(2-39-45(38,46)43-14(21)12(10)34)41-19(13)32-17-9(29-30-32)18(35)28-20(23)27-17/h4-7,10-14,19,33-34H,1-3H2,(H,36,37)(H,38,46)(H2,22,24,25)(H3,23,27,28,35)/t6-,7-,10-,11-,12+,13-,14+,19-,21-,45?/m1/s1. The van der Waals surface area contributed by atoms with E-state index in [2.05, 4.69) is 35.2 Å². The number of nitrogens with two attached hydrogens (primary N) is 2. The SMILES string of the molecule is Nc1nc2c(nnn2[C@@H]2O[C@@H]3COP(O)(=S)O[C@H]4[C@@H](O)[C@H](n5cnc6c(N)ncnc65)[C@H]5C[C@@]54COP(=O)(O)O[C@@H]2[C@@H]3O)c(=O)[nH]1. The van der Waals surface area contributed by atoms with Gasteiger partial charge in [0.05, 0.1) is 25.6 Å². The third-order valence-corrected chi connectivity index (χ3v) is 11.3. The van der Waals surface area contributed by atoms with E-state index in [1.54, 1.807) is 4.57 Å². The van der Waals surface area contributed by atoms with E-state index in [9.17, 15) is 29.4 Å². The number of hydrogen-bond acceptors (Lipinski definition) is 18. The number of rotatable bonds is 2. The molecule has 4 fully saturated rings. The summed E-state index contributed by atoms with van der Waals surface area (Å²) in [5.41, 5.74) is 9.99. The van der Waals surface area contributed by atoms with Crippen LogP contribution < -0.4 is 17.0 Å². The number of anilines is 2. The smallest absolute Gasteiger partial charge is 0.388 e. The number of phosphoric acid groups is 1. The first-order chi connectivity index (χ1) is 21.8. The molecule has 2 aliphatic heterocycles. The summed E-state index contributed by atoms with van der Waals surface area (Å²) < 4.78 is 44.2. The molecule has 2 saturated carbocycles. The molecule has 0 amide bonds. The highest BCUT2D eigenvalue weighted by atomic mass is 32.5. The molecule has 9 N–H and O–H groups in total. The largest absolute Gasteiger partial charge is 0.472 e. The van der Waals surface area contributed by atoms with Gasteiger partial charge in [0.15, 0.2) is 28.9 Å². The van der Waals surface area contributed by atoms with E-state index >= 15 is 0 Å². The van der Waals surface area contributed by atoms with Gasteiger partial charge in [0.1, 0.15) is 42.4 Å². The number of phosphoric ester groups is 1. The number of aromatic nitrogens is 9. The predicted molar refractivity (Wildman–Crippen MR) is 154 cm³/mol. The van der Waals surface area contributed by atoms with E-state index in [1.165, 1.54) is 12.7 Å². The Kier molecular flexibility index (Phi) is 6.73. The summed E-state index contributed by atoms with van der Waals surface area (Å²) in [6.07, 6.45) is -5.80. The lowest BCUT2D eigenvalue weighted by molar-refractivity contribution is -0.0662. The molecule has 25 heteroatoms. The Hall–Kier alpha value is -3.05. The normalized spacial score (nSPS) is 41.0. The zero-order chi connectivity index (χ0) is 32.3. The molecule has 0 aromatic carbocycles. The Morgan fingerprint density at radius 3 is 2.70 bits per heavy atom. The molecular weight excluding hydrogens is 676 g/mol. The van der Waals surface area contributed by atoms with Crippen LogP contribution in [-0.2, 0) is 39.2 Å². The molecule has 246 valence electrons. The van der Waals surface area contributed by atoms with Gasteiger partial charge in [-0.3, -0.25) is 18.8 Å². The number of hydrogen-bond donors (Lipinski definition) is 7. The van der Waals surface area contributed by atoms with Gasteiger partial charge >= 0.3 is 14.5 Å². The predicted octanol–water partition coefficient (Wildman–Crippen LogP) is -2.17. The van der Waals surface area contributed by atoms with Crippen LogP contribution in [0.5, 0.6) is 0 Å². The first-order valence-corrected chi connectivity index (χ1v) is 17.7. The molecule has 2 bridgehead atoms. The third kappa shape index (κ3) is 4.62. The molecule has 8 rings (SSSR count). The number of aliphatic hydroxyl groups is 2. The van der Waals surface area contributed by atoms with Crippen molar-refractivity contribution in [1.82, 2.24) is 44.5 Å². The highest BCUT2D eigenvalue weighted by Gasteiger charge is 2.74. The fourth-order valence-corrected chi connectivity index (χ4v) is 9.16. The maximum absolute atomic E-state index is 13.4. The number of aromatic amines is 1. The second-order valence-electron chi connectivity index (χ2n) is 11.4. The zero-order valence-electron chi connectivity index (χ0n) is 23.1. The molecule has 2 aliphatic carbocycles. The molecule has 22 nitrogen and oxygen atoms in total. The minimum Gasteiger partial charge on any atom is -0.388 e. The van der Waals surface area contributed by atoms with Crippen molar-refractivity contribution in [2.75, 3.05) is 24.7 Å². The zero-order valence-corrected chi connectivity index (χ0v) is 25.7. The molecule has 46 heavy (non-hydrogen) atoms. The number of imidazole rings is 1. The minimum absolute atomic E-state index is 0.129. The number of aliphatic hydroxyl groups excluding tert-OH is 2. The number of fused-ring (bicyclic) bond motifs is 4. The average molecular weight is 702 g/mol. The van der Waals surface area contributed by atoms with Gasteiger partial charge in [-0.25, -0.2) is 19.5 Å². The number of ether oxygens (including phenoxy) is 1. The maximum Gasteiger partial charge on any atom is 0.472 e. The summed E-state index contributed by atoms with van der Waals surface area (Å²) >= 11 is 5.29. The van der Waals surface area contributed by atoms with Gasteiger partial charge in [-0.05, 0) is 24.1 Å². The number of nitrogens with one attached hydrogen (secondary N) is 1. The minimum atomic E-state index is -5.03. The first kappa shape index (κ1) is 30.3. The summed E-state index contributed by atoms with van der Waals surface area (Å²) in [4.78, 5) is 53.0. The van der Waals surface area contributed by atoms with E-state index in [0.29, 0.717) is 17.6 Å². The Balaban J connectivity index is 1.14. The van der Waals surface area contributed by atoms with Crippen LogP contribution in [0.3, 0.4) is 0 Å². The van der Waals surface area contributed by atoms with Gasteiger partial charge in [0.25, 0.3) is 5.56 Å². The van der Waals surface area contributed by atoms with Crippen LogP contribution in [0, 0.1) is 11.3 Å². The summed E-state index contributed by atoms with van der Waals surface area (Å²) in [7, 11) is -5.03. The van der Waals surface area contributed by atoms with E-state index in [0.717, 1.165) is 4.68 Å². The summed E-state index contributed by atoms with van der Waals surface area (Å²) in [5, 5.41) is 30.3. The van der Waals surface area contributed by atoms with Gasteiger partial charge in [-0.15, -0.1) is 5.10 Å². The van der Waals surface area contributed by atoms with Gasteiger partial charge in [0, 0.05) is 5.41 Å². The Bertz CT molecular complexity index is 2050. The fraction of sp³-hybridized carbons (Fsp3) is 0.571. The van der Waals surface area contributed by atoms with Crippen molar-refractivity contribution in [2.45, 2.75) is 49.2 Å². The molecular formula is C21H25N11O11P2S. The summed E-state index contributed by atoms with van der Waals surface area (Å²) in [5.74, 6) is -0.586. The average Bonchev–Trinajstić information content (AvgIpc) is 3.26. The summed E-state index contributed by atoms with van der Waals surface area (Å²) in [6, 6.07) is -0.746. The first-order valence-electron chi connectivity index (χ1n) is 13.7. The highest BCUT2D eigenvalue weighted by Crippen LogP contribution is 2.72. The number of H-pyrrole nitrogens is 1. The van der Waals surface area contributed by atoms with Crippen LogP contribution in [0.2, 0.25) is 0 Å². The second kappa shape index (κ2) is 10.2. The van der Waals surface area contributed by atoms with Gasteiger partial charge < -0.3 is 49.8 Å². The third-order valence-electron chi connectivity index (χ3n) is 8.83. The lowest BCUT2D eigenvalue weighted by Gasteiger charge is -2.31. The second-order valence-corrected chi connectivity index (χ2v) is 15.6. The molecule has 1 spiro atoms. The molecule has 2 saturated heterocycles. The lowest BCUT2D eigenvalue weighted by Crippen LogP contribution is -2.38. The fourth-order valence-electron chi connectivity index (χ4n) is 6.68. The Labute approximate surface area is 260 Å². The van der Waals surface area contributed by atoms with Gasteiger partial charge in [-0.2, -0.15) is 9.67 Å².